The SMILES string of the molecule is CCn1nc(C)cc1C(=O)Nc1nc2cc(C(=O)NCCCN3CCSCC3)cc3c2n1C/C=C/CNc1c(N)cc(C(N)=O)cc1OCCCO3. The van der Waals surface area contributed by atoms with Gasteiger partial charge in [0, 0.05) is 68.3 Å². The van der Waals surface area contributed by atoms with Crippen LogP contribution in [0.2, 0.25) is 0 Å². The Morgan fingerprint density at radius 2 is 1.77 bits per heavy atom. The lowest BCUT2D eigenvalue weighted by Gasteiger charge is -2.25. The molecular weight excluding hydrogens is 685 g/mol. The first-order valence-corrected chi connectivity index (χ1v) is 18.7. The van der Waals surface area contributed by atoms with E-state index >= 15 is 0 Å². The van der Waals surface area contributed by atoms with Gasteiger partial charge >= 0.3 is 0 Å². The second kappa shape index (κ2) is 16.9. The number of fused-ring (bicyclic) bond motifs is 1. The Hall–Kier alpha value is -5.22. The number of anilines is 3. The topological polar surface area (TPSA) is 197 Å². The molecule has 1 saturated heterocycles. The molecule has 3 amide bonds. The van der Waals surface area contributed by atoms with Gasteiger partial charge in [0.25, 0.3) is 11.8 Å². The average molecular weight is 731 g/mol. The largest absolute Gasteiger partial charge is 0.491 e. The lowest BCUT2D eigenvalue weighted by molar-refractivity contribution is 0.0949. The Bertz CT molecular complexity index is 1970. The molecule has 16 heteroatoms. The normalized spacial score (nSPS) is 16.0. The summed E-state index contributed by atoms with van der Waals surface area (Å²) in [6, 6.07) is 8.26. The van der Waals surface area contributed by atoms with Crippen LogP contribution in [-0.4, -0.2) is 99.4 Å². The molecule has 0 unspecified atom stereocenters. The van der Waals surface area contributed by atoms with E-state index < -0.39 is 5.91 Å². The van der Waals surface area contributed by atoms with E-state index in [-0.39, 0.29) is 30.6 Å². The Morgan fingerprint density at radius 3 is 2.54 bits per heavy atom. The predicted octanol–water partition coefficient (Wildman–Crippen LogP) is 3.49. The molecule has 2 aromatic carbocycles. The average Bonchev–Trinajstić information content (AvgIpc) is 3.69. The van der Waals surface area contributed by atoms with E-state index in [9.17, 15) is 14.4 Å². The van der Waals surface area contributed by atoms with Gasteiger partial charge in [-0.1, -0.05) is 12.2 Å². The molecule has 4 heterocycles. The number of ether oxygens (including phenoxy) is 2. The van der Waals surface area contributed by atoms with Gasteiger partial charge in [-0.05, 0) is 57.1 Å². The molecule has 2 aliphatic rings. The van der Waals surface area contributed by atoms with Crippen LogP contribution in [0.3, 0.4) is 0 Å². The van der Waals surface area contributed by atoms with Crippen LogP contribution in [0.4, 0.5) is 17.3 Å². The van der Waals surface area contributed by atoms with Crippen molar-refractivity contribution < 1.29 is 23.9 Å². The molecule has 2 aliphatic heterocycles. The van der Waals surface area contributed by atoms with E-state index in [1.807, 2.05) is 42.3 Å². The van der Waals surface area contributed by atoms with Gasteiger partial charge in [0.05, 0.1) is 30.1 Å². The molecule has 276 valence electrons. The van der Waals surface area contributed by atoms with E-state index in [4.69, 9.17) is 25.9 Å². The first-order valence-electron chi connectivity index (χ1n) is 17.6. The number of carbonyl (C=O) groups excluding carboxylic acids is 3. The number of aryl methyl sites for hydroxylation is 2. The zero-order valence-corrected chi connectivity index (χ0v) is 30.4. The monoisotopic (exact) mass is 730 g/mol. The van der Waals surface area contributed by atoms with Gasteiger partial charge in [-0.15, -0.1) is 0 Å². The van der Waals surface area contributed by atoms with Crippen molar-refractivity contribution in [2.45, 2.75) is 39.8 Å². The maximum Gasteiger partial charge on any atom is 0.276 e. The van der Waals surface area contributed by atoms with Crippen molar-refractivity contribution in [2.24, 2.45) is 5.73 Å². The van der Waals surface area contributed by atoms with Crippen LogP contribution in [0.25, 0.3) is 11.0 Å². The predicted molar refractivity (Wildman–Crippen MR) is 204 cm³/mol. The minimum absolute atomic E-state index is 0.233. The Balaban J connectivity index is 1.30. The van der Waals surface area contributed by atoms with E-state index in [0.717, 1.165) is 43.3 Å². The summed E-state index contributed by atoms with van der Waals surface area (Å²) in [6.45, 7) is 9.08. The summed E-state index contributed by atoms with van der Waals surface area (Å²) in [5, 5.41) is 13.7. The molecule has 2 aromatic heterocycles. The number of nitrogen functional groups attached to an aromatic ring is 1. The minimum atomic E-state index is -0.612. The zero-order chi connectivity index (χ0) is 36.6. The molecule has 15 nitrogen and oxygen atoms in total. The summed E-state index contributed by atoms with van der Waals surface area (Å²) >= 11 is 1.97. The third kappa shape index (κ3) is 8.62. The Morgan fingerprint density at radius 1 is 1.00 bits per heavy atom. The smallest absolute Gasteiger partial charge is 0.276 e. The van der Waals surface area contributed by atoms with Crippen LogP contribution in [-0.2, 0) is 13.1 Å². The number of carbonyl (C=O) groups is 3. The van der Waals surface area contributed by atoms with Gasteiger partial charge in [0.1, 0.15) is 28.4 Å². The van der Waals surface area contributed by atoms with Crippen molar-refractivity contribution in [1.29, 1.82) is 0 Å². The summed E-state index contributed by atoms with van der Waals surface area (Å²) in [4.78, 5) is 46.3. The van der Waals surface area contributed by atoms with Crippen molar-refractivity contribution in [3.8, 4) is 11.5 Å². The number of nitrogens with zero attached hydrogens (tertiary/aromatic N) is 5. The molecule has 4 aromatic rings. The highest BCUT2D eigenvalue weighted by Crippen LogP contribution is 2.34. The highest BCUT2D eigenvalue weighted by molar-refractivity contribution is 7.99. The van der Waals surface area contributed by atoms with Crippen molar-refractivity contribution in [3.05, 3.63) is 65.0 Å². The second-order valence-electron chi connectivity index (χ2n) is 12.6. The number of hydrogen-bond acceptors (Lipinski definition) is 11. The second-order valence-corrected chi connectivity index (χ2v) is 13.8. The molecule has 0 aliphatic carbocycles. The standard InChI is InChI=1S/C36H46N10O5S/c1-3-46-28(18-23(2)43-46)35(49)42-36-41-27-20-25(34(48)40-9-6-10-44-12-16-52-17-13-44)22-30-32(27)45(36)11-5-4-8-39-31-26(37)19-24(33(38)47)21-29(31)50-14-7-15-51-30/h4-5,18-22,39H,3,6-17,37H2,1-2H3,(H2,38,47)(H,40,48)(H,41,42,49)/b5-4+. The Kier molecular flexibility index (Phi) is 11.9. The fourth-order valence-corrected chi connectivity index (χ4v) is 7.22. The van der Waals surface area contributed by atoms with E-state index in [1.54, 1.807) is 28.9 Å². The molecule has 0 atom stereocenters. The van der Waals surface area contributed by atoms with E-state index in [0.29, 0.717) is 83.7 Å². The number of hydrogen-bond donors (Lipinski definition) is 5. The van der Waals surface area contributed by atoms with Gasteiger partial charge < -0.3 is 41.0 Å². The zero-order valence-electron chi connectivity index (χ0n) is 29.6. The number of nitrogens with one attached hydrogen (secondary N) is 3. The summed E-state index contributed by atoms with van der Waals surface area (Å²) in [5.41, 5.74) is 15.6. The molecule has 52 heavy (non-hydrogen) atoms. The third-order valence-electron chi connectivity index (χ3n) is 8.84. The highest BCUT2D eigenvalue weighted by atomic mass is 32.2. The van der Waals surface area contributed by atoms with Gasteiger partial charge in [-0.3, -0.25) is 24.4 Å². The first kappa shape index (κ1) is 36.6. The summed E-state index contributed by atoms with van der Waals surface area (Å²) in [7, 11) is 0. The molecule has 0 bridgehead atoms. The number of nitrogens with two attached hydrogens (primary N) is 2. The summed E-state index contributed by atoms with van der Waals surface area (Å²) in [6.07, 6.45) is 5.13. The highest BCUT2D eigenvalue weighted by Gasteiger charge is 2.22. The molecule has 0 saturated carbocycles. The lowest BCUT2D eigenvalue weighted by Crippen LogP contribution is -2.35. The molecule has 0 spiro atoms. The number of imidazole rings is 1. The fourth-order valence-electron chi connectivity index (χ4n) is 6.24. The van der Waals surface area contributed by atoms with Crippen LogP contribution in [0.1, 0.15) is 56.7 Å². The van der Waals surface area contributed by atoms with Gasteiger partial charge in [0.2, 0.25) is 11.9 Å². The van der Waals surface area contributed by atoms with Crippen molar-refractivity contribution in [2.75, 3.05) is 73.8 Å². The molecular formula is C36H46N10O5S. The Labute approximate surface area is 306 Å². The molecule has 0 radical (unpaired) electrons. The molecule has 7 N–H and O–H groups in total. The number of rotatable bonds is 9. The summed E-state index contributed by atoms with van der Waals surface area (Å²) < 4.78 is 15.9. The third-order valence-corrected chi connectivity index (χ3v) is 9.78. The van der Waals surface area contributed by atoms with Gasteiger partial charge in [-0.2, -0.15) is 16.9 Å². The number of primary amides is 1. The van der Waals surface area contributed by atoms with Gasteiger partial charge in [0.15, 0.2) is 0 Å². The lowest BCUT2D eigenvalue weighted by atomic mass is 10.1. The molecule has 6 rings (SSSR count). The number of aromatic nitrogens is 4. The summed E-state index contributed by atoms with van der Waals surface area (Å²) in [5.74, 6) is 2.22. The maximum absolute atomic E-state index is 13.6. The number of benzene rings is 2. The van der Waals surface area contributed by atoms with Crippen molar-refractivity contribution >= 4 is 57.8 Å². The fraction of sp³-hybridized carbons (Fsp3) is 0.417. The number of amides is 3. The van der Waals surface area contributed by atoms with E-state index in [1.165, 1.54) is 6.07 Å². The number of allylic oxidation sites excluding steroid dienone is 1. The number of thioether (sulfide) groups is 1. The maximum atomic E-state index is 13.6. The van der Waals surface area contributed by atoms with Crippen LogP contribution in [0.5, 0.6) is 11.5 Å². The van der Waals surface area contributed by atoms with Crippen LogP contribution >= 0.6 is 11.8 Å². The van der Waals surface area contributed by atoms with Crippen LogP contribution < -0.4 is 36.9 Å². The quantitative estimate of drug-likeness (QED) is 0.0961. The van der Waals surface area contributed by atoms with Crippen LogP contribution in [0, 0.1) is 6.92 Å². The first-order chi connectivity index (χ1) is 25.2. The van der Waals surface area contributed by atoms with Crippen LogP contribution in [0.15, 0.2) is 42.5 Å². The minimum Gasteiger partial charge on any atom is -0.491 e. The van der Waals surface area contributed by atoms with Crippen molar-refractivity contribution in [1.82, 2.24) is 29.5 Å². The van der Waals surface area contributed by atoms with E-state index in [2.05, 4.69) is 25.9 Å². The van der Waals surface area contributed by atoms with Gasteiger partial charge in [-0.25, -0.2) is 4.98 Å². The van der Waals surface area contributed by atoms with Crippen molar-refractivity contribution in [3.63, 3.8) is 0 Å². The molecule has 1 fully saturated rings.